The van der Waals surface area contributed by atoms with E-state index >= 15 is 0 Å². The first kappa shape index (κ1) is 14.0. The topological polar surface area (TPSA) is 60.9 Å². The third-order valence-electron chi connectivity index (χ3n) is 3.30. The highest BCUT2D eigenvalue weighted by Crippen LogP contribution is 2.21. The smallest absolute Gasteiger partial charge is 0.346 e. The molecule has 1 N–H and O–H groups in total. The molecule has 2 rings (SSSR count). The summed E-state index contributed by atoms with van der Waals surface area (Å²) in [6.45, 7) is 4.21. The average molecular weight is 282 g/mol. The molecule has 1 aromatic rings. The number of carbonyl (C=O) groups is 2. The second kappa shape index (κ2) is 6.16. The number of aromatic carboxylic acids is 1. The van der Waals surface area contributed by atoms with Crippen molar-refractivity contribution in [3.63, 3.8) is 0 Å². The molecule has 19 heavy (non-hydrogen) atoms. The molecule has 0 saturated carbocycles. The van der Waals surface area contributed by atoms with Crippen LogP contribution in [0.4, 0.5) is 0 Å². The number of carboxylic acid groups (broad SMARTS) is 1. The molecule has 0 bridgehead atoms. The van der Waals surface area contributed by atoms with Crippen LogP contribution in [0.25, 0.3) is 0 Å². The van der Waals surface area contributed by atoms with Crippen molar-refractivity contribution in [2.24, 2.45) is 0 Å². The van der Waals surface area contributed by atoms with Gasteiger partial charge in [-0.25, -0.2) is 9.80 Å². The Morgan fingerprint density at radius 3 is 2.63 bits per heavy atom. The van der Waals surface area contributed by atoms with E-state index in [2.05, 4.69) is 0 Å². The fourth-order valence-corrected chi connectivity index (χ4v) is 3.10. The van der Waals surface area contributed by atoms with Gasteiger partial charge in [0, 0.05) is 19.6 Å². The summed E-state index contributed by atoms with van der Waals surface area (Å²) in [6.07, 6.45) is 3.36. The van der Waals surface area contributed by atoms with Crippen molar-refractivity contribution in [1.82, 2.24) is 10.0 Å². The number of carbonyl (C=O) groups excluding carboxylic acids is 1. The summed E-state index contributed by atoms with van der Waals surface area (Å²) in [5.74, 6) is -1.24. The molecule has 1 aliphatic rings. The van der Waals surface area contributed by atoms with E-state index in [4.69, 9.17) is 5.11 Å². The first-order chi connectivity index (χ1) is 9.15. The Hall–Kier alpha value is -1.40. The lowest BCUT2D eigenvalue weighted by Gasteiger charge is -2.36. The van der Waals surface area contributed by atoms with Crippen LogP contribution in [0.3, 0.4) is 0 Å². The summed E-state index contributed by atoms with van der Waals surface area (Å²) in [6, 6.07) is 1.60. The number of hydrogen-bond acceptors (Lipinski definition) is 4. The Morgan fingerprint density at radius 2 is 2.05 bits per heavy atom. The summed E-state index contributed by atoms with van der Waals surface area (Å²) in [4.78, 5) is 23.7. The Morgan fingerprint density at radius 1 is 1.37 bits per heavy atom. The predicted octanol–water partition coefficient (Wildman–Crippen LogP) is 2.31. The van der Waals surface area contributed by atoms with Crippen LogP contribution in [0.15, 0.2) is 11.4 Å². The first-order valence-corrected chi connectivity index (χ1v) is 7.40. The Labute approximate surface area is 116 Å². The highest BCUT2D eigenvalue weighted by atomic mass is 32.1. The third-order valence-corrected chi connectivity index (χ3v) is 4.20. The fraction of sp³-hybridized carbons (Fsp3) is 0.538. The number of rotatable bonds is 4. The molecule has 1 aromatic heterocycles. The van der Waals surface area contributed by atoms with Gasteiger partial charge in [-0.2, -0.15) is 0 Å². The van der Waals surface area contributed by atoms with Gasteiger partial charge in [0.25, 0.3) is 5.91 Å². The quantitative estimate of drug-likeness (QED) is 0.920. The second-order valence-corrected chi connectivity index (χ2v) is 5.42. The molecule has 0 spiro atoms. The Bertz CT molecular complexity index is 466. The van der Waals surface area contributed by atoms with E-state index in [1.54, 1.807) is 16.5 Å². The van der Waals surface area contributed by atoms with Crippen molar-refractivity contribution in [2.45, 2.75) is 26.2 Å². The van der Waals surface area contributed by atoms with Crippen molar-refractivity contribution >= 4 is 23.2 Å². The molecule has 2 heterocycles. The molecule has 1 aliphatic heterocycles. The lowest BCUT2D eigenvalue weighted by molar-refractivity contribution is -0.0182. The summed E-state index contributed by atoms with van der Waals surface area (Å²) in [5.41, 5.74) is 0.296. The second-order valence-electron chi connectivity index (χ2n) is 4.50. The lowest BCUT2D eigenvalue weighted by atomic mass is 10.1. The molecule has 0 radical (unpaired) electrons. The number of amides is 1. The van der Waals surface area contributed by atoms with Gasteiger partial charge < -0.3 is 5.11 Å². The maximum absolute atomic E-state index is 12.5. The molecule has 1 fully saturated rings. The summed E-state index contributed by atoms with van der Waals surface area (Å²) in [5, 5.41) is 14.5. The zero-order valence-electron chi connectivity index (χ0n) is 11.0. The van der Waals surface area contributed by atoms with Gasteiger partial charge in [-0.3, -0.25) is 9.80 Å². The molecular weight excluding hydrogens is 264 g/mol. The highest BCUT2D eigenvalue weighted by molar-refractivity contribution is 7.12. The molecule has 0 unspecified atom stereocenters. The molecule has 1 amide bonds. The minimum atomic E-state index is -1.03. The summed E-state index contributed by atoms with van der Waals surface area (Å²) < 4.78 is 0. The lowest BCUT2D eigenvalue weighted by Crippen LogP contribution is -2.48. The number of carboxylic acids is 1. The minimum absolute atomic E-state index is 0.125. The molecule has 0 aliphatic carbocycles. The maximum Gasteiger partial charge on any atom is 0.346 e. The SMILES string of the molecule is CCN(C(=O)c1ccsc1C(=O)O)N1CCCCC1. The minimum Gasteiger partial charge on any atom is -0.477 e. The Kier molecular flexibility index (Phi) is 4.55. The fourth-order valence-electron chi connectivity index (χ4n) is 2.37. The third kappa shape index (κ3) is 2.96. The molecule has 1 saturated heterocycles. The van der Waals surface area contributed by atoms with Crippen LogP contribution in [-0.4, -0.2) is 46.6 Å². The normalized spacial score (nSPS) is 16.3. The van der Waals surface area contributed by atoms with E-state index in [0.29, 0.717) is 12.1 Å². The van der Waals surface area contributed by atoms with E-state index < -0.39 is 5.97 Å². The molecule has 0 atom stereocenters. The number of piperidine rings is 1. The number of nitrogens with zero attached hydrogens (tertiary/aromatic N) is 2. The van der Waals surface area contributed by atoms with Gasteiger partial charge in [0.15, 0.2) is 0 Å². The van der Waals surface area contributed by atoms with Crippen LogP contribution in [-0.2, 0) is 0 Å². The summed E-state index contributed by atoms with van der Waals surface area (Å²) in [7, 11) is 0. The van der Waals surface area contributed by atoms with Gasteiger partial charge in [-0.15, -0.1) is 11.3 Å². The zero-order chi connectivity index (χ0) is 13.8. The van der Waals surface area contributed by atoms with Gasteiger partial charge in [0.1, 0.15) is 4.88 Å². The number of hydrogen-bond donors (Lipinski definition) is 1. The average Bonchev–Trinajstić information content (AvgIpc) is 2.90. The van der Waals surface area contributed by atoms with Gasteiger partial charge >= 0.3 is 5.97 Å². The molecule has 5 nitrogen and oxygen atoms in total. The largest absolute Gasteiger partial charge is 0.477 e. The maximum atomic E-state index is 12.5. The van der Waals surface area contributed by atoms with Crippen molar-refractivity contribution in [3.8, 4) is 0 Å². The highest BCUT2D eigenvalue weighted by Gasteiger charge is 2.26. The Balaban J connectivity index is 2.20. The van der Waals surface area contributed by atoms with Crippen molar-refractivity contribution in [2.75, 3.05) is 19.6 Å². The monoisotopic (exact) mass is 282 g/mol. The van der Waals surface area contributed by atoms with E-state index in [0.717, 1.165) is 37.3 Å². The van der Waals surface area contributed by atoms with Crippen LogP contribution in [0.2, 0.25) is 0 Å². The van der Waals surface area contributed by atoms with E-state index in [-0.39, 0.29) is 10.8 Å². The number of hydrazine groups is 1. The van der Waals surface area contributed by atoms with Crippen LogP contribution in [0, 0.1) is 0 Å². The first-order valence-electron chi connectivity index (χ1n) is 6.52. The van der Waals surface area contributed by atoms with Crippen LogP contribution < -0.4 is 0 Å². The summed E-state index contributed by atoms with van der Waals surface area (Å²) >= 11 is 1.09. The molecule has 0 aromatic carbocycles. The van der Waals surface area contributed by atoms with Gasteiger partial charge in [-0.1, -0.05) is 6.42 Å². The van der Waals surface area contributed by atoms with Crippen molar-refractivity contribution in [3.05, 3.63) is 21.9 Å². The van der Waals surface area contributed by atoms with Gasteiger partial charge in [-0.05, 0) is 31.2 Å². The van der Waals surface area contributed by atoms with Gasteiger partial charge in [0.2, 0.25) is 0 Å². The zero-order valence-corrected chi connectivity index (χ0v) is 11.8. The predicted molar refractivity (Wildman–Crippen MR) is 73.4 cm³/mol. The van der Waals surface area contributed by atoms with Crippen LogP contribution in [0.1, 0.15) is 46.2 Å². The number of thiophene rings is 1. The van der Waals surface area contributed by atoms with Crippen molar-refractivity contribution < 1.29 is 14.7 Å². The standard InChI is InChI=1S/C13H18N2O3S/c1-2-15(14-7-4-3-5-8-14)12(16)10-6-9-19-11(10)13(17)18/h6,9H,2-5,7-8H2,1H3,(H,17,18). The molecular formula is C13H18N2O3S. The van der Waals surface area contributed by atoms with Crippen molar-refractivity contribution in [1.29, 1.82) is 0 Å². The van der Waals surface area contributed by atoms with Crippen LogP contribution >= 0.6 is 11.3 Å². The van der Waals surface area contributed by atoms with Gasteiger partial charge in [0.05, 0.1) is 5.56 Å². The van der Waals surface area contributed by atoms with E-state index in [1.165, 1.54) is 6.42 Å². The van der Waals surface area contributed by atoms with E-state index in [9.17, 15) is 9.59 Å². The molecule has 104 valence electrons. The van der Waals surface area contributed by atoms with E-state index in [1.807, 2.05) is 11.9 Å². The van der Waals surface area contributed by atoms with Crippen LogP contribution in [0.5, 0.6) is 0 Å². The molecule has 6 heteroatoms.